The van der Waals surface area contributed by atoms with Gasteiger partial charge in [0, 0.05) is 17.3 Å². The molecule has 0 fully saturated rings. The van der Waals surface area contributed by atoms with Gasteiger partial charge in [-0.2, -0.15) is 24.5 Å². The summed E-state index contributed by atoms with van der Waals surface area (Å²) in [5, 5.41) is 5.37. The van der Waals surface area contributed by atoms with E-state index in [0.29, 0.717) is 10.6 Å². The molecule has 118 valence electrons. The molecule has 0 N–H and O–H groups in total. The van der Waals surface area contributed by atoms with Gasteiger partial charge in [-0.3, -0.25) is 0 Å². The molecule has 2 nitrogen and oxygen atoms in total. The summed E-state index contributed by atoms with van der Waals surface area (Å²) < 4.78 is 37.8. The Hall–Kier alpha value is -1.99. The van der Waals surface area contributed by atoms with Crippen molar-refractivity contribution in [3.8, 4) is 10.6 Å². The predicted octanol–water partition coefficient (Wildman–Crippen LogP) is 5.95. The molecule has 0 aliphatic heterocycles. The highest BCUT2D eigenvalue weighted by atomic mass is 32.1. The lowest BCUT2D eigenvalue weighted by Crippen LogP contribution is -2.03. The Kier molecular flexibility index (Phi) is 4.32. The number of halogens is 3. The molecule has 0 unspecified atom stereocenters. The Morgan fingerprint density at radius 3 is 2.48 bits per heavy atom. The van der Waals surface area contributed by atoms with Gasteiger partial charge < -0.3 is 0 Å². The van der Waals surface area contributed by atoms with Crippen LogP contribution in [-0.4, -0.2) is 11.2 Å². The molecule has 0 radical (unpaired) electrons. The van der Waals surface area contributed by atoms with Gasteiger partial charge in [0.1, 0.15) is 10.0 Å². The van der Waals surface area contributed by atoms with E-state index in [-0.39, 0.29) is 0 Å². The summed E-state index contributed by atoms with van der Waals surface area (Å²) in [6.07, 6.45) is -2.57. The maximum atomic E-state index is 12.6. The fraction of sp³-hybridized carbons (Fsp3) is 0.125. The van der Waals surface area contributed by atoms with Gasteiger partial charge in [0.25, 0.3) is 0 Å². The molecule has 0 aliphatic carbocycles. The van der Waals surface area contributed by atoms with Crippen LogP contribution in [0, 0.1) is 6.92 Å². The summed E-state index contributed by atoms with van der Waals surface area (Å²) in [4.78, 5) is 8.81. The van der Waals surface area contributed by atoms with E-state index >= 15 is 0 Å². The van der Waals surface area contributed by atoms with Crippen LogP contribution < -0.4 is 0 Å². The van der Waals surface area contributed by atoms with E-state index in [0.717, 1.165) is 28.4 Å². The molecule has 2 heterocycles. The van der Waals surface area contributed by atoms with Gasteiger partial charge in [0.2, 0.25) is 0 Å². The number of benzene rings is 1. The van der Waals surface area contributed by atoms with Gasteiger partial charge >= 0.3 is 6.18 Å². The van der Waals surface area contributed by atoms with Crippen LogP contribution in [0.15, 0.2) is 46.1 Å². The Balaban J connectivity index is 1.85. The highest BCUT2D eigenvalue weighted by Gasteiger charge is 2.30. The van der Waals surface area contributed by atoms with Crippen molar-refractivity contribution in [1.29, 1.82) is 0 Å². The first kappa shape index (κ1) is 15.9. The summed E-state index contributed by atoms with van der Waals surface area (Å²) in [6, 6.07) is 6.98. The third-order valence-electron chi connectivity index (χ3n) is 3.11. The second-order valence-corrected chi connectivity index (χ2v) is 6.56. The molecule has 3 aromatic rings. The molecule has 0 aliphatic rings. The van der Waals surface area contributed by atoms with Gasteiger partial charge in [-0.25, -0.2) is 9.98 Å². The predicted molar refractivity (Wildman–Crippen MR) is 88.9 cm³/mol. The zero-order chi connectivity index (χ0) is 16.4. The summed E-state index contributed by atoms with van der Waals surface area (Å²) in [6.45, 7) is 1.84. The second kappa shape index (κ2) is 6.25. The number of aromatic nitrogens is 1. The van der Waals surface area contributed by atoms with Crippen LogP contribution in [-0.2, 0) is 6.18 Å². The second-order valence-electron chi connectivity index (χ2n) is 4.80. The van der Waals surface area contributed by atoms with Crippen LogP contribution in [0.1, 0.15) is 16.8 Å². The van der Waals surface area contributed by atoms with Gasteiger partial charge in [-0.05, 0) is 35.9 Å². The van der Waals surface area contributed by atoms with Crippen molar-refractivity contribution >= 4 is 33.9 Å². The molecule has 0 amide bonds. The number of aryl methyl sites for hydroxylation is 1. The smallest absolute Gasteiger partial charge is 0.243 e. The number of rotatable bonds is 3. The number of nitrogens with zero attached hydrogens (tertiary/aromatic N) is 2. The Labute approximate surface area is 139 Å². The van der Waals surface area contributed by atoms with Gasteiger partial charge in [-0.1, -0.05) is 23.5 Å². The van der Waals surface area contributed by atoms with Crippen LogP contribution in [0.4, 0.5) is 18.2 Å². The molecule has 2 aromatic heterocycles. The summed E-state index contributed by atoms with van der Waals surface area (Å²) in [7, 11) is 0. The molecular weight excluding hydrogens is 341 g/mol. The number of hydrogen-bond donors (Lipinski definition) is 0. The van der Waals surface area contributed by atoms with Crippen molar-refractivity contribution in [2.75, 3.05) is 0 Å². The average Bonchev–Trinajstić information content (AvgIpc) is 3.14. The molecule has 1 aromatic carbocycles. The maximum Gasteiger partial charge on any atom is 0.416 e. The van der Waals surface area contributed by atoms with E-state index in [2.05, 4.69) is 9.98 Å². The number of alkyl halides is 3. The monoisotopic (exact) mass is 352 g/mol. The molecule has 0 saturated carbocycles. The topological polar surface area (TPSA) is 25.2 Å². The Bertz CT molecular complexity index is 816. The lowest BCUT2D eigenvalue weighted by atomic mass is 10.1. The summed E-state index contributed by atoms with van der Waals surface area (Å²) >= 11 is 2.95. The van der Waals surface area contributed by atoms with Crippen LogP contribution in [0.5, 0.6) is 0 Å². The SMILES string of the molecule is Cc1nc(-c2ccc(C(F)(F)F)cc2)sc1N=Cc1ccsc1. The normalized spacial score (nSPS) is 12.2. The number of hydrogen-bond acceptors (Lipinski definition) is 4. The first-order chi connectivity index (χ1) is 10.9. The minimum atomic E-state index is -4.33. The van der Waals surface area contributed by atoms with Crippen molar-refractivity contribution in [2.24, 2.45) is 4.99 Å². The highest BCUT2D eigenvalue weighted by molar-refractivity contribution is 7.18. The van der Waals surface area contributed by atoms with Crippen LogP contribution in [0.2, 0.25) is 0 Å². The Morgan fingerprint density at radius 1 is 1.13 bits per heavy atom. The molecule has 3 rings (SSSR count). The van der Waals surface area contributed by atoms with E-state index in [9.17, 15) is 13.2 Å². The molecule has 7 heteroatoms. The van der Waals surface area contributed by atoms with Crippen LogP contribution in [0.3, 0.4) is 0 Å². The fourth-order valence-electron chi connectivity index (χ4n) is 1.92. The molecule has 23 heavy (non-hydrogen) atoms. The first-order valence-corrected chi connectivity index (χ1v) is 8.41. The molecule has 0 spiro atoms. The third-order valence-corrected chi connectivity index (χ3v) is 4.92. The van der Waals surface area contributed by atoms with Gasteiger partial charge in [-0.15, -0.1) is 0 Å². The van der Waals surface area contributed by atoms with Crippen molar-refractivity contribution in [1.82, 2.24) is 4.98 Å². The Morgan fingerprint density at radius 2 is 1.87 bits per heavy atom. The van der Waals surface area contributed by atoms with Gasteiger partial charge in [0.15, 0.2) is 0 Å². The van der Waals surface area contributed by atoms with E-state index in [1.807, 2.05) is 23.8 Å². The molecule has 0 saturated heterocycles. The van der Waals surface area contributed by atoms with E-state index in [4.69, 9.17) is 0 Å². The number of aliphatic imine (C=N–C) groups is 1. The number of thiazole rings is 1. The largest absolute Gasteiger partial charge is 0.416 e. The third kappa shape index (κ3) is 3.68. The lowest BCUT2D eigenvalue weighted by Gasteiger charge is -2.06. The fourth-order valence-corrected chi connectivity index (χ4v) is 3.44. The molecule has 0 bridgehead atoms. The lowest BCUT2D eigenvalue weighted by molar-refractivity contribution is -0.137. The summed E-state index contributed by atoms with van der Waals surface area (Å²) in [5.41, 5.74) is 1.77. The van der Waals surface area contributed by atoms with E-state index in [1.165, 1.54) is 23.5 Å². The van der Waals surface area contributed by atoms with Crippen molar-refractivity contribution < 1.29 is 13.2 Å². The van der Waals surface area contributed by atoms with Crippen LogP contribution >= 0.6 is 22.7 Å². The van der Waals surface area contributed by atoms with Crippen molar-refractivity contribution in [3.63, 3.8) is 0 Å². The maximum absolute atomic E-state index is 12.6. The van der Waals surface area contributed by atoms with Crippen molar-refractivity contribution in [2.45, 2.75) is 13.1 Å². The van der Waals surface area contributed by atoms with Crippen molar-refractivity contribution in [3.05, 3.63) is 57.9 Å². The van der Waals surface area contributed by atoms with E-state index < -0.39 is 11.7 Å². The minimum Gasteiger partial charge on any atom is -0.243 e. The van der Waals surface area contributed by atoms with Crippen LogP contribution in [0.25, 0.3) is 10.6 Å². The zero-order valence-electron chi connectivity index (χ0n) is 12.0. The average molecular weight is 352 g/mol. The van der Waals surface area contributed by atoms with Gasteiger partial charge in [0.05, 0.1) is 11.3 Å². The minimum absolute atomic E-state index is 0.656. The summed E-state index contributed by atoms with van der Waals surface area (Å²) in [5.74, 6) is 0. The zero-order valence-corrected chi connectivity index (χ0v) is 13.6. The molecule has 0 atom stereocenters. The highest BCUT2D eigenvalue weighted by Crippen LogP contribution is 2.35. The standard InChI is InChI=1S/C16H11F3N2S2/c1-10-14(20-8-11-6-7-22-9-11)23-15(21-10)12-2-4-13(5-3-12)16(17,18)19/h2-9H,1H3. The van der Waals surface area contributed by atoms with E-state index in [1.54, 1.807) is 17.6 Å². The quantitative estimate of drug-likeness (QED) is 0.535. The molecular formula is C16H11F3N2S2. The number of thiophene rings is 1. The first-order valence-electron chi connectivity index (χ1n) is 6.65.